The molecular formula is C94H134N12O32. The number of benzene rings is 4. The van der Waals surface area contributed by atoms with Gasteiger partial charge in [-0.1, -0.05) is 24.3 Å². The predicted molar refractivity (Wildman–Crippen MR) is 498 cm³/mol. The number of esters is 6. The molecule has 44 heteroatoms. The van der Waals surface area contributed by atoms with E-state index in [9.17, 15) is 76.7 Å². The van der Waals surface area contributed by atoms with Crippen LogP contribution in [0.4, 0.5) is 40.1 Å². The van der Waals surface area contributed by atoms with Gasteiger partial charge in [0.15, 0.2) is 0 Å². The number of nitrogens with zero attached hydrogens (tertiary/aromatic N) is 2. The van der Waals surface area contributed by atoms with Crippen LogP contribution in [-0.2, 0) is 118 Å². The molecule has 4 aromatic carbocycles. The van der Waals surface area contributed by atoms with E-state index in [4.69, 9.17) is 75.8 Å². The fraction of sp³-hybridized carbons (Fsp3) is 0.553. The SMILES string of the molecule is CC(C)(C)OC(=O)C[C@H](NC(=O)OCc1ccc(OC(=O)c2ccc(NC(=NC(=O)OC(C)(C)C)NC(=O)OC(C)(C)C)cc2)cc1)C(=O)N[C@@H](CC(=O)OC(C)(C)C)C(=O)NCCOCCOCCOCCOCCNC(=O)[C@H](CC(=O)OC(C)(C)C)NC(=O)[C@H](CC(=O)OC(C)(C)C)NC(=O)OCc1ccc(OC(=O)c2ccc(NC(=NC(=O)OC(C)(C)C)NC(=O)OC(C)(C)C)cc2)cc1. The van der Waals surface area contributed by atoms with Crippen molar-refractivity contribution < 1.29 is 153 Å². The van der Waals surface area contributed by atoms with Crippen LogP contribution in [0.25, 0.3) is 0 Å². The van der Waals surface area contributed by atoms with E-state index < -0.39 is 204 Å². The van der Waals surface area contributed by atoms with E-state index in [-0.39, 0.29) is 100 Å². The van der Waals surface area contributed by atoms with Crippen molar-refractivity contribution in [1.29, 1.82) is 0 Å². The summed E-state index contributed by atoms with van der Waals surface area (Å²) in [6.45, 7) is 38.2. The highest BCUT2D eigenvalue weighted by atomic mass is 16.6. The molecule has 0 bridgehead atoms. The zero-order chi connectivity index (χ0) is 104. The minimum Gasteiger partial charge on any atom is -0.460 e. The van der Waals surface area contributed by atoms with Crippen molar-refractivity contribution in [1.82, 2.24) is 42.5 Å². The second-order valence-electron chi connectivity index (χ2n) is 38.5. The Labute approximate surface area is 802 Å². The molecule has 44 nitrogen and oxygen atoms in total. The highest BCUT2D eigenvalue weighted by molar-refractivity contribution is 6.08. The van der Waals surface area contributed by atoms with Crippen molar-refractivity contribution in [3.8, 4) is 11.5 Å². The quantitative estimate of drug-likeness (QED) is 0.00493. The molecule has 10 amide bonds. The van der Waals surface area contributed by atoms with E-state index >= 15 is 0 Å². The van der Waals surface area contributed by atoms with Crippen LogP contribution in [0.5, 0.6) is 11.5 Å². The fourth-order valence-electron chi connectivity index (χ4n) is 10.8. The monoisotopic (exact) mass is 1940 g/mol. The number of guanidine groups is 2. The topological polar surface area (TPSA) is 566 Å². The molecule has 0 fully saturated rings. The van der Waals surface area contributed by atoms with Gasteiger partial charge in [0.2, 0.25) is 35.5 Å². The Balaban J connectivity index is 1.25. The molecule has 0 aliphatic heterocycles. The largest absolute Gasteiger partial charge is 0.460 e. The molecule has 0 heterocycles. The number of alkyl carbamates (subject to hydrolysis) is 4. The number of ether oxygens (including phenoxy) is 16. The van der Waals surface area contributed by atoms with Gasteiger partial charge in [0.05, 0.1) is 89.7 Å². The van der Waals surface area contributed by atoms with Gasteiger partial charge in [-0.15, -0.1) is 9.98 Å². The molecular weight excluding hydrogens is 1810 g/mol. The molecule has 138 heavy (non-hydrogen) atoms. The average molecular weight is 1940 g/mol. The number of rotatable bonds is 41. The number of carbonyl (C=O) groups excluding carboxylic acids is 16. The molecule has 0 saturated carbocycles. The van der Waals surface area contributed by atoms with E-state index in [0.717, 1.165) is 0 Å². The maximum Gasteiger partial charge on any atom is 0.437 e. The van der Waals surface area contributed by atoms with Gasteiger partial charge in [-0.2, -0.15) is 0 Å². The van der Waals surface area contributed by atoms with E-state index in [1.54, 1.807) is 166 Å². The Morgan fingerprint density at radius 3 is 0.797 bits per heavy atom. The average Bonchev–Trinajstić information content (AvgIpc) is 0.900. The summed E-state index contributed by atoms with van der Waals surface area (Å²) in [6.07, 6.45) is -9.05. The van der Waals surface area contributed by atoms with Crippen LogP contribution in [0.1, 0.15) is 224 Å². The third-order valence-electron chi connectivity index (χ3n) is 16.1. The molecule has 10 N–H and O–H groups in total. The number of aliphatic imine (C=N–C) groups is 2. The summed E-state index contributed by atoms with van der Waals surface area (Å²) in [6, 6.07) is 16.4. The van der Waals surface area contributed by atoms with Gasteiger partial charge >= 0.3 is 72.4 Å². The van der Waals surface area contributed by atoms with Crippen LogP contribution in [-0.4, -0.2) is 243 Å². The molecule has 0 spiro atoms. The maximum absolute atomic E-state index is 14.1. The van der Waals surface area contributed by atoms with Crippen LogP contribution in [0.15, 0.2) is 107 Å². The molecule has 0 aliphatic carbocycles. The van der Waals surface area contributed by atoms with E-state index in [0.29, 0.717) is 22.5 Å². The highest BCUT2D eigenvalue weighted by Gasteiger charge is 2.37. The first kappa shape index (κ1) is 117. The maximum atomic E-state index is 14.1. The summed E-state index contributed by atoms with van der Waals surface area (Å²) >= 11 is 0. The van der Waals surface area contributed by atoms with Gasteiger partial charge in [-0.25, -0.2) is 38.4 Å². The summed E-state index contributed by atoms with van der Waals surface area (Å²) in [5.74, 6) is -9.45. The Bertz CT molecular complexity index is 4530. The van der Waals surface area contributed by atoms with Gasteiger partial charge < -0.3 is 118 Å². The lowest BCUT2D eigenvalue weighted by molar-refractivity contribution is -0.158. The first-order valence-corrected chi connectivity index (χ1v) is 44.1. The van der Waals surface area contributed by atoms with E-state index in [1.165, 1.54) is 97.1 Å². The predicted octanol–water partition coefficient (Wildman–Crippen LogP) is 10.7. The summed E-state index contributed by atoms with van der Waals surface area (Å²) in [5, 5.41) is 25.0. The molecule has 0 unspecified atom stereocenters. The normalized spacial score (nSPS) is 12.9. The zero-order valence-corrected chi connectivity index (χ0v) is 82.8. The van der Waals surface area contributed by atoms with Crippen molar-refractivity contribution in [2.75, 3.05) is 76.6 Å². The number of amides is 10. The number of anilines is 2. The van der Waals surface area contributed by atoms with Crippen molar-refractivity contribution in [3.05, 3.63) is 119 Å². The van der Waals surface area contributed by atoms with Gasteiger partial charge in [0.25, 0.3) is 0 Å². The van der Waals surface area contributed by atoms with Gasteiger partial charge in [-0.3, -0.25) is 49.0 Å². The minimum atomic E-state index is -1.72. The van der Waals surface area contributed by atoms with Gasteiger partial charge in [0.1, 0.15) is 93.7 Å². The second kappa shape index (κ2) is 54.4. The van der Waals surface area contributed by atoms with Gasteiger partial charge in [-0.05, 0) is 250 Å². The van der Waals surface area contributed by atoms with E-state index in [2.05, 4.69) is 63.2 Å². The number of nitrogens with one attached hydrogen (secondary N) is 10. The third kappa shape index (κ3) is 53.6. The standard InChI is InChI=1S/C94H134N12O32/c1-87(2,3)131-69(107)51-65(99-75(113)67(53-71(109)133-89(7,8)9)101-81(117)127-55-57-25-37-63(38-26-57)129-77(115)59-29-33-61(34-30-59)97-79(103-83(119)135-91(13,14)15)104-84(120)136-92(16,17)18)73(111)95-41-43-123-45-47-125-49-50-126-48-46-124-44-42-96-74(112)66(52-70(108)132-88(4,5)6)100-76(114)68(54-72(110)134-90(10,11)12)102-82(118)128-56-58-27-39-64(40-28-58)130-78(116)60-31-35-62(36-32-60)98-80(105-85(121)137-93(19,20)21)106-86(122)138-94(22,23)24/h25-40,65-68H,41-56H2,1-24H3,(H,95,111)(H,96,112)(H,99,113)(H,100,114)(H,101,117)(H,102,118)(H2,97,103,104,119,120)(H2,98,105,106,121,122)/t65-,66-,67-,68-/m0/s1. The molecule has 0 radical (unpaired) electrons. The molecule has 762 valence electrons. The van der Waals surface area contributed by atoms with Crippen LogP contribution < -0.4 is 62.6 Å². The van der Waals surface area contributed by atoms with Crippen molar-refractivity contribution in [3.63, 3.8) is 0 Å². The van der Waals surface area contributed by atoms with Crippen molar-refractivity contribution in [2.45, 2.75) is 274 Å². The van der Waals surface area contributed by atoms with Crippen molar-refractivity contribution in [2.24, 2.45) is 9.98 Å². The van der Waals surface area contributed by atoms with E-state index in [1.807, 2.05) is 0 Å². The van der Waals surface area contributed by atoms with Crippen LogP contribution in [0.2, 0.25) is 0 Å². The Hall–Kier alpha value is -13.6. The molecule has 0 aliphatic rings. The van der Waals surface area contributed by atoms with Gasteiger partial charge in [0, 0.05) is 24.5 Å². The highest BCUT2D eigenvalue weighted by Crippen LogP contribution is 2.23. The molecule has 4 atom stereocenters. The third-order valence-corrected chi connectivity index (χ3v) is 16.1. The minimum absolute atomic E-state index is 0.0584. The number of carbonyl (C=O) groups is 16. The zero-order valence-electron chi connectivity index (χ0n) is 82.8. The molecule has 0 aromatic heterocycles. The number of hydrogen-bond acceptors (Lipinski definition) is 32. The van der Waals surface area contributed by atoms with Crippen LogP contribution >= 0.6 is 0 Å². The van der Waals surface area contributed by atoms with Crippen LogP contribution in [0.3, 0.4) is 0 Å². The summed E-state index contributed by atoms with van der Waals surface area (Å²) in [5.41, 5.74) is -6.02. The summed E-state index contributed by atoms with van der Waals surface area (Å²) < 4.78 is 87.1. The Morgan fingerprint density at radius 2 is 0.536 bits per heavy atom. The van der Waals surface area contributed by atoms with Crippen molar-refractivity contribution >= 4 is 119 Å². The van der Waals surface area contributed by atoms with Crippen LogP contribution in [0, 0.1) is 0 Å². The smallest absolute Gasteiger partial charge is 0.437 e. The first-order chi connectivity index (χ1) is 63.9. The Kier molecular flexibility index (Phi) is 46.0. The lowest BCUT2D eigenvalue weighted by atomic mass is 10.1. The first-order valence-electron chi connectivity index (χ1n) is 44.1. The lowest BCUT2D eigenvalue weighted by Gasteiger charge is -2.25. The lowest BCUT2D eigenvalue weighted by Crippen LogP contribution is -2.55. The molecule has 4 rings (SSSR count). The summed E-state index contributed by atoms with van der Waals surface area (Å²) in [4.78, 5) is 219. The Morgan fingerprint density at radius 1 is 0.283 bits per heavy atom. The fourth-order valence-corrected chi connectivity index (χ4v) is 10.8. The second-order valence-corrected chi connectivity index (χ2v) is 38.5. The molecule has 4 aromatic rings. The summed E-state index contributed by atoms with van der Waals surface area (Å²) in [7, 11) is 0. The number of hydrogen-bond donors (Lipinski definition) is 10. The molecule has 0 saturated heterocycles.